The van der Waals surface area contributed by atoms with E-state index in [1.54, 1.807) is 0 Å². The molecule has 2 heterocycles. The second-order valence-electron chi connectivity index (χ2n) is 3.98. The Bertz CT molecular complexity index is 474. The quantitative estimate of drug-likeness (QED) is 0.783. The van der Waals surface area contributed by atoms with Gasteiger partial charge in [-0.3, -0.25) is 4.79 Å². The molecule has 1 fully saturated rings. The maximum Gasteiger partial charge on any atom is 0.375 e. The number of carbonyl (C=O) groups is 2. The average Bonchev–Trinajstić information content (AvgIpc) is 2.98. The van der Waals surface area contributed by atoms with Gasteiger partial charge in [-0.05, 0) is 12.8 Å². The molecule has 2 aliphatic rings. The fourth-order valence-corrected chi connectivity index (χ4v) is 1.79. The smallest absolute Gasteiger partial charge is 0.375 e. The minimum Gasteiger partial charge on any atom is -0.475 e. The summed E-state index contributed by atoms with van der Waals surface area (Å²) < 4.78 is 10.3. The molecule has 0 aromatic carbocycles. The summed E-state index contributed by atoms with van der Waals surface area (Å²) in [5, 5.41) is 11.4. The Labute approximate surface area is 90.2 Å². The zero-order chi connectivity index (χ0) is 11.3. The Balaban J connectivity index is 1.97. The number of hydrogen-bond donors (Lipinski definition) is 2. The van der Waals surface area contributed by atoms with Crippen LogP contribution in [0.25, 0.3) is 0 Å². The van der Waals surface area contributed by atoms with Crippen LogP contribution in [0.2, 0.25) is 0 Å². The van der Waals surface area contributed by atoms with Crippen molar-refractivity contribution in [2.45, 2.75) is 18.9 Å². The molecule has 1 atom stereocenters. The van der Waals surface area contributed by atoms with Gasteiger partial charge in [-0.15, -0.1) is 0 Å². The van der Waals surface area contributed by atoms with Crippen LogP contribution in [0.4, 0.5) is 5.69 Å². The van der Waals surface area contributed by atoms with Crippen LogP contribution in [0.5, 0.6) is 5.75 Å². The summed E-state index contributed by atoms with van der Waals surface area (Å²) in [6.07, 6.45) is 2.48. The van der Waals surface area contributed by atoms with Gasteiger partial charge in [0.2, 0.25) is 0 Å². The van der Waals surface area contributed by atoms with Gasteiger partial charge in [0, 0.05) is 5.92 Å². The molecule has 1 amide bonds. The largest absolute Gasteiger partial charge is 0.475 e. The van der Waals surface area contributed by atoms with Gasteiger partial charge in [-0.1, -0.05) is 0 Å². The van der Waals surface area contributed by atoms with Gasteiger partial charge in [0.25, 0.3) is 11.7 Å². The fraction of sp³-hybridized carbons (Fsp3) is 0.400. The second-order valence-corrected chi connectivity index (χ2v) is 3.98. The molecule has 2 N–H and O–H groups in total. The molecule has 1 unspecified atom stereocenters. The highest BCUT2D eigenvalue weighted by atomic mass is 16.5. The number of furan rings is 1. The third-order valence-corrected chi connectivity index (χ3v) is 2.75. The molecule has 1 aliphatic carbocycles. The van der Waals surface area contributed by atoms with Crippen molar-refractivity contribution in [3.05, 3.63) is 12.0 Å². The zero-order valence-electron chi connectivity index (χ0n) is 8.23. The molecule has 1 aromatic rings. The number of aromatic carboxylic acids is 1. The molecule has 6 nitrogen and oxygen atoms in total. The first-order valence-electron chi connectivity index (χ1n) is 4.99. The topological polar surface area (TPSA) is 88.8 Å². The van der Waals surface area contributed by atoms with Crippen molar-refractivity contribution in [1.82, 2.24) is 0 Å². The summed E-state index contributed by atoms with van der Waals surface area (Å²) >= 11 is 0. The van der Waals surface area contributed by atoms with E-state index in [2.05, 4.69) is 5.32 Å². The lowest BCUT2D eigenvalue weighted by atomic mass is 10.2. The Morgan fingerprint density at radius 3 is 2.88 bits per heavy atom. The number of nitrogens with one attached hydrogen (secondary N) is 1. The molecule has 16 heavy (non-hydrogen) atoms. The van der Waals surface area contributed by atoms with Gasteiger partial charge in [-0.25, -0.2) is 4.79 Å². The highest BCUT2D eigenvalue weighted by molar-refractivity contribution is 6.01. The molecule has 84 valence electrons. The number of hydrogen-bond acceptors (Lipinski definition) is 4. The van der Waals surface area contributed by atoms with E-state index in [-0.39, 0.29) is 23.3 Å². The molecule has 6 heteroatoms. The Hall–Kier alpha value is -1.98. The van der Waals surface area contributed by atoms with Crippen LogP contribution in [0.15, 0.2) is 10.7 Å². The van der Waals surface area contributed by atoms with E-state index < -0.39 is 12.1 Å². The van der Waals surface area contributed by atoms with Crippen molar-refractivity contribution in [2.75, 3.05) is 5.32 Å². The summed E-state index contributed by atoms with van der Waals surface area (Å²) in [4.78, 5) is 22.4. The number of carboxylic acid groups (broad SMARTS) is 1. The highest BCUT2D eigenvalue weighted by Crippen LogP contribution is 2.42. The van der Waals surface area contributed by atoms with Crippen molar-refractivity contribution in [2.24, 2.45) is 5.92 Å². The summed E-state index contributed by atoms with van der Waals surface area (Å²) in [5.41, 5.74) is 0.291. The first-order chi connectivity index (χ1) is 7.66. The van der Waals surface area contributed by atoms with Gasteiger partial charge in [-0.2, -0.15) is 0 Å². The van der Waals surface area contributed by atoms with Crippen molar-refractivity contribution in [3.8, 4) is 5.75 Å². The lowest BCUT2D eigenvalue weighted by molar-refractivity contribution is -0.124. The monoisotopic (exact) mass is 223 g/mol. The van der Waals surface area contributed by atoms with E-state index >= 15 is 0 Å². The molecule has 0 spiro atoms. The first-order valence-corrected chi connectivity index (χ1v) is 4.99. The predicted molar refractivity (Wildman–Crippen MR) is 51.4 cm³/mol. The standard InChI is InChI=1S/C10H9NO5/c12-9-6(4-1-2-4)16-7-5(11-9)3-15-8(7)10(13)14/h3-4,6H,1-2H2,(H,11,12)(H,13,14). The van der Waals surface area contributed by atoms with E-state index in [1.807, 2.05) is 0 Å². The van der Waals surface area contributed by atoms with E-state index in [1.165, 1.54) is 6.26 Å². The molecule has 0 radical (unpaired) electrons. The van der Waals surface area contributed by atoms with Crippen LogP contribution in [-0.2, 0) is 4.79 Å². The molecular weight excluding hydrogens is 214 g/mol. The molecule has 1 aromatic heterocycles. The van der Waals surface area contributed by atoms with Crippen molar-refractivity contribution in [3.63, 3.8) is 0 Å². The van der Waals surface area contributed by atoms with Gasteiger partial charge in [0.15, 0.2) is 11.9 Å². The highest BCUT2D eigenvalue weighted by Gasteiger charge is 2.43. The van der Waals surface area contributed by atoms with Crippen LogP contribution < -0.4 is 10.1 Å². The van der Waals surface area contributed by atoms with Crippen LogP contribution in [0.3, 0.4) is 0 Å². The SMILES string of the molecule is O=C(O)c1occ2c1OC(C1CC1)C(=O)N2. The molecule has 1 aliphatic heterocycles. The van der Waals surface area contributed by atoms with Gasteiger partial charge in [0.1, 0.15) is 12.0 Å². The van der Waals surface area contributed by atoms with Crippen LogP contribution in [-0.4, -0.2) is 23.1 Å². The van der Waals surface area contributed by atoms with E-state index in [0.717, 1.165) is 12.8 Å². The van der Waals surface area contributed by atoms with E-state index in [4.69, 9.17) is 14.3 Å². The normalized spacial score (nSPS) is 23.2. The molecule has 3 rings (SSSR count). The van der Waals surface area contributed by atoms with Gasteiger partial charge < -0.3 is 19.6 Å². The summed E-state index contributed by atoms with van der Waals surface area (Å²) in [5.74, 6) is -1.37. The summed E-state index contributed by atoms with van der Waals surface area (Å²) in [7, 11) is 0. The Morgan fingerprint density at radius 2 is 2.25 bits per heavy atom. The number of ether oxygens (including phenoxy) is 1. The summed E-state index contributed by atoms with van der Waals surface area (Å²) in [6, 6.07) is 0. The van der Waals surface area contributed by atoms with Crippen molar-refractivity contribution in [1.29, 1.82) is 0 Å². The number of carboxylic acids is 1. The molecule has 1 saturated carbocycles. The predicted octanol–water partition coefficient (Wildman–Crippen LogP) is 1.09. The van der Waals surface area contributed by atoms with Gasteiger partial charge >= 0.3 is 5.97 Å². The van der Waals surface area contributed by atoms with Crippen LogP contribution >= 0.6 is 0 Å². The van der Waals surface area contributed by atoms with Crippen LogP contribution in [0.1, 0.15) is 23.4 Å². The lowest BCUT2D eigenvalue weighted by Gasteiger charge is -2.22. The zero-order valence-corrected chi connectivity index (χ0v) is 8.23. The number of rotatable bonds is 2. The number of fused-ring (bicyclic) bond motifs is 1. The van der Waals surface area contributed by atoms with E-state index in [0.29, 0.717) is 5.69 Å². The average molecular weight is 223 g/mol. The van der Waals surface area contributed by atoms with Crippen LogP contribution in [0, 0.1) is 5.92 Å². The van der Waals surface area contributed by atoms with Gasteiger partial charge in [0.05, 0.1) is 0 Å². The fourth-order valence-electron chi connectivity index (χ4n) is 1.79. The Morgan fingerprint density at radius 1 is 1.50 bits per heavy atom. The number of amides is 1. The van der Waals surface area contributed by atoms with Crippen molar-refractivity contribution < 1.29 is 23.8 Å². The minimum absolute atomic E-state index is 0.129. The lowest BCUT2D eigenvalue weighted by Crippen LogP contribution is -2.38. The molecule has 0 bridgehead atoms. The maximum atomic E-state index is 11.6. The summed E-state index contributed by atoms with van der Waals surface area (Å²) in [6.45, 7) is 0. The molecule has 0 saturated heterocycles. The third kappa shape index (κ3) is 1.26. The third-order valence-electron chi connectivity index (χ3n) is 2.75. The number of carbonyl (C=O) groups excluding carboxylic acids is 1. The minimum atomic E-state index is -1.20. The Kier molecular flexibility index (Phi) is 1.74. The molecular formula is C10H9NO5. The maximum absolute atomic E-state index is 11.6. The second kappa shape index (κ2) is 3.01. The number of anilines is 1. The van der Waals surface area contributed by atoms with Crippen molar-refractivity contribution >= 4 is 17.6 Å². The van der Waals surface area contributed by atoms with E-state index in [9.17, 15) is 9.59 Å². The first kappa shape index (κ1) is 9.26.